The zero-order chi connectivity index (χ0) is 21.6. The first-order valence-electron chi connectivity index (χ1n) is 9.91. The minimum atomic E-state index is -0.423. The molecule has 0 bridgehead atoms. The summed E-state index contributed by atoms with van der Waals surface area (Å²) < 4.78 is 23.0. The van der Waals surface area contributed by atoms with Crippen LogP contribution in [0.25, 0.3) is 11.2 Å². The van der Waals surface area contributed by atoms with Crippen LogP contribution in [-0.2, 0) is 31.8 Å². The number of aryl methyl sites for hydroxylation is 1. The third-order valence-electron chi connectivity index (χ3n) is 4.50. The summed E-state index contributed by atoms with van der Waals surface area (Å²) >= 11 is 0. The maximum atomic E-state index is 13.2. The molecular formula is C21H29FN4O3. The Morgan fingerprint density at radius 2 is 1.69 bits per heavy atom. The molecule has 0 saturated carbocycles. The van der Waals surface area contributed by atoms with Gasteiger partial charge in [-0.05, 0) is 24.1 Å². The van der Waals surface area contributed by atoms with Crippen molar-refractivity contribution in [1.29, 1.82) is 0 Å². The van der Waals surface area contributed by atoms with E-state index in [1.165, 1.54) is 23.7 Å². The molecule has 8 heteroatoms. The van der Waals surface area contributed by atoms with Gasteiger partial charge in [-0.15, -0.1) is 0 Å². The first-order chi connectivity index (χ1) is 13.9. The van der Waals surface area contributed by atoms with E-state index in [1.54, 1.807) is 23.7 Å². The highest BCUT2D eigenvalue weighted by Crippen LogP contribution is 2.15. The molecule has 158 valence electrons. The van der Waals surface area contributed by atoms with Crippen LogP contribution in [0.1, 0.15) is 38.6 Å². The summed E-state index contributed by atoms with van der Waals surface area (Å²) in [5.41, 5.74) is 0.712. The summed E-state index contributed by atoms with van der Waals surface area (Å²) in [6, 6.07) is 6.11. The Balaban J connectivity index is 0.00000145. The summed E-state index contributed by atoms with van der Waals surface area (Å²) in [6.45, 7) is 7.50. The summed E-state index contributed by atoms with van der Waals surface area (Å²) in [7, 11) is 3.04. The molecule has 3 aromatic rings. The molecular weight excluding hydrogens is 375 g/mol. The monoisotopic (exact) mass is 404 g/mol. The molecule has 0 spiro atoms. The van der Waals surface area contributed by atoms with Gasteiger partial charge in [-0.25, -0.2) is 14.2 Å². The van der Waals surface area contributed by atoms with Crippen molar-refractivity contribution < 1.29 is 9.13 Å². The van der Waals surface area contributed by atoms with E-state index < -0.39 is 11.2 Å². The Morgan fingerprint density at radius 1 is 1.03 bits per heavy atom. The number of aromatic nitrogens is 4. The molecule has 0 atom stereocenters. The Bertz CT molecular complexity index is 1060. The highest BCUT2D eigenvalue weighted by Gasteiger charge is 2.19. The van der Waals surface area contributed by atoms with Gasteiger partial charge >= 0.3 is 5.69 Å². The molecule has 7 nitrogen and oxygen atoms in total. The van der Waals surface area contributed by atoms with Gasteiger partial charge in [0.2, 0.25) is 0 Å². The van der Waals surface area contributed by atoms with Crippen molar-refractivity contribution in [1.82, 2.24) is 18.7 Å². The second kappa shape index (κ2) is 10.2. The topological polar surface area (TPSA) is 71.1 Å². The Hall–Kier alpha value is -2.74. The van der Waals surface area contributed by atoms with Gasteiger partial charge in [0.25, 0.3) is 5.56 Å². The van der Waals surface area contributed by atoms with Crippen LogP contribution in [0.3, 0.4) is 0 Å². The maximum absolute atomic E-state index is 13.2. The standard InChI is InChI=1S/C19H23FN4O3.C2H6/c1-4-10-27-11-9-15-21-17-16(18(25)23(3)19(26)22(17)2)24(15)12-13-5-7-14(20)8-6-13;1-2/h5-8H,4,9-12H2,1-3H3;1-2H3. The second-order valence-corrected chi connectivity index (χ2v) is 6.48. The average Bonchev–Trinajstić information content (AvgIpc) is 3.09. The first-order valence-corrected chi connectivity index (χ1v) is 9.91. The quantitative estimate of drug-likeness (QED) is 0.568. The van der Waals surface area contributed by atoms with Gasteiger partial charge in [0.15, 0.2) is 11.2 Å². The number of benzene rings is 1. The number of halogens is 1. The van der Waals surface area contributed by atoms with Crippen molar-refractivity contribution in [3.05, 3.63) is 62.3 Å². The van der Waals surface area contributed by atoms with Gasteiger partial charge in [-0.1, -0.05) is 32.9 Å². The highest BCUT2D eigenvalue weighted by atomic mass is 19.1. The van der Waals surface area contributed by atoms with E-state index in [1.807, 2.05) is 20.8 Å². The Morgan fingerprint density at radius 3 is 2.31 bits per heavy atom. The number of fused-ring (bicyclic) bond motifs is 1. The maximum Gasteiger partial charge on any atom is 0.332 e. The lowest BCUT2D eigenvalue weighted by Gasteiger charge is -2.10. The van der Waals surface area contributed by atoms with Gasteiger partial charge in [0.05, 0.1) is 6.61 Å². The van der Waals surface area contributed by atoms with Crippen molar-refractivity contribution in [3.8, 4) is 0 Å². The lowest BCUT2D eigenvalue weighted by Crippen LogP contribution is -2.37. The molecule has 0 saturated heterocycles. The van der Waals surface area contributed by atoms with E-state index in [0.29, 0.717) is 43.2 Å². The summed E-state index contributed by atoms with van der Waals surface area (Å²) in [6.07, 6.45) is 1.42. The first kappa shape index (κ1) is 22.5. The summed E-state index contributed by atoms with van der Waals surface area (Å²) in [5.74, 6) is 0.337. The fourth-order valence-corrected chi connectivity index (χ4v) is 3.04. The summed E-state index contributed by atoms with van der Waals surface area (Å²) in [5, 5.41) is 0. The summed E-state index contributed by atoms with van der Waals surface area (Å²) in [4.78, 5) is 29.5. The largest absolute Gasteiger partial charge is 0.381 e. The SMILES string of the molecule is CC.CCCOCCc1nc2c(c(=O)n(C)c(=O)n2C)n1Cc1ccc(F)cc1. The molecule has 0 fully saturated rings. The van der Waals surface area contributed by atoms with Crippen molar-refractivity contribution in [2.24, 2.45) is 14.1 Å². The minimum absolute atomic E-state index is 0.319. The molecule has 0 aliphatic heterocycles. The van der Waals surface area contributed by atoms with Crippen LogP contribution in [0, 0.1) is 5.82 Å². The molecule has 1 aromatic carbocycles. The predicted molar refractivity (Wildman–Crippen MR) is 112 cm³/mol. The Kier molecular flexibility index (Phi) is 7.90. The van der Waals surface area contributed by atoms with Crippen molar-refractivity contribution in [2.45, 2.75) is 40.2 Å². The molecule has 0 amide bonds. The van der Waals surface area contributed by atoms with E-state index in [9.17, 15) is 14.0 Å². The molecule has 0 aliphatic carbocycles. The molecule has 3 rings (SSSR count). The lowest BCUT2D eigenvalue weighted by atomic mass is 10.2. The predicted octanol–water partition coefficient (Wildman–Crippen LogP) is 2.62. The van der Waals surface area contributed by atoms with Gasteiger partial charge in [0.1, 0.15) is 11.6 Å². The molecule has 2 aromatic heterocycles. The van der Waals surface area contributed by atoms with E-state index >= 15 is 0 Å². The van der Waals surface area contributed by atoms with E-state index in [4.69, 9.17) is 4.74 Å². The number of hydrogen-bond acceptors (Lipinski definition) is 4. The van der Waals surface area contributed by atoms with E-state index in [-0.39, 0.29) is 5.82 Å². The Labute approximate surface area is 169 Å². The van der Waals surface area contributed by atoms with Crippen LogP contribution in [-0.4, -0.2) is 31.9 Å². The second-order valence-electron chi connectivity index (χ2n) is 6.48. The molecule has 0 radical (unpaired) electrons. The van der Waals surface area contributed by atoms with Gasteiger partial charge < -0.3 is 9.30 Å². The molecule has 0 N–H and O–H groups in total. The number of ether oxygens (including phenoxy) is 1. The third-order valence-corrected chi connectivity index (χ3v) is 4.50. The van der Waals surface area contributed by atoms with Crippen LogP contribution < -0.4 is 11.2 Å². The van der Waals surface area contributed by atoms with Crippen LogP contribution >= 0.6 is 0 Å². The van der Waals surface area contributed by atoms with Crippen molar-refractivity contribution in [2.75, 3.05) is 13.2 Å². The average molecular weight is 404 g/mol. The van der Waals surface area contributed by atoms with Gasteiger partial charge in [-0.3, -0.25) is 13.9 Å². The van der Waals surface area contributed by atoms with Crippen LogP contribution in [0.15, 0.2) is 33.9 Å². The fraction of sp³-hybridized carbons (Fsp3) is 0.476. The van der Waals surface area contributed by atoms with Gasteiger partial charge in [0, 0.05) is 33.7 Å². The zero-order valence-corrected chi connectivity index (χ0v) is 17.7. The number of nitrogens with zero attached hydrogens (tertiary/aromatic N) is 4. The lowest BCUT2D eigenvalue weighted by molar-refractivity contribution is 0.136. The number of hydrogen-bond donors (Lipinski definition) is 0. The molecule has 2 heterocycles. The van der Waals surface area contributed by atoms with Crippen LogP contribution in [0.2, 0.25) is 0 Å². The minimum Gasteiger partial charge on any atom is -0.381 e. The normalized spacial score (nSPS) is 10.8. The third kappa shape index (κ3) is 4.82. The molecule has 0 unspecified atom stereocenters. The zero-order valence-electron chi connectivity index (χ0n) is 17.7. The van der Waals surface area contributed by atoms with Crippen LogP contribution in [0.4, 0.5) is 4.39 Å². The van der Waals surface area contributed by atoms with E-state index in [2.05, 4.69) is 4.98 Å². The molecule has 29 heavy (non-hydrogen) atoms. The fourth-order valence-electron chi connectivity index (χ4n) is 3.04. The van der Waals surface area contributed by atoms with E-state index in [0.717, 1.165) is 16.6 Å². The highest BCUT2D eigenvalue weighted by molar-refractivity contribution is 5.71. The molecule has 0 aliphatic rings. The number of imidazole rings is 1. The van der Waals surface area contributed by atoms with Crippen molar-refractivity contribution in [3.63, 3.8) is 0 Å². The number of rotatable bonds is 7. The van der Waals surface area contributed by atoms with Crippen LogP contribution in [0.5, 0.6) is 0 Å². The smallest absolute Gasteiger partial charge is 0.332 e. The van der Waals surface area contributed by atoms with Crippen molar-refractivity contribution >= 4 is 11.2 Å². The van der Waals surface area contributed by atoms with Gasteiger partial charge in [-0.2, -0.15) is 0 Å².